The van der Waals surface area contributed by atoms with Crippen LogP contribution < -0.4 is 10.2 Å². The second-order valence-corrected chi connectivity index (χ2v) is 11.8. The number of aryl methyl sites for hydroxylation is 2. The highest BCUT2D eigenvalue weighted by Crippen LogP contribution is 2.36. The number of carbonyl (C=O) groups excluding carboxylic acids is 3. The summed E-state index contributed by atoms with van der Waals surface area (Å²) in [6, 6.07) is 14.4. The first-order valence-corrected chi connectivity index (χ1v) is 14.7. The standard InChI is InChI=1S/C32H39N5O3/c1-22-4-3-5-25(20-22)31(39)35-16-8-24(9-17-35)21-34-14-10-26(11-15-34)36-18-12-27-28(36)7-6-23(2)30(27)37-19-13-29(38)33-32(37)40/h3-7,12,18,20,24,26H,8-11,13-17,19,21H2,1-2H3,(H,33,38,40). The molecule has 8 nitrogen and oxygen atoms in total. The molecule has 0 radical (unpaired) electrons. The number of hydrogen-bond donors (Lipinski definition) is 1. The maximum atomic E-state index is 12.9. The first kappa shape index (κ1) is 26.6. The van der Waals surface area contributed by atoms with Gasteiger partial charge < -0.3 is 14.4 Å². The highest BCUT2D eigenvalue weighted by molar-refractivity contribution is 6.10. The van der Waals surface area contributed by atoms with E-state index in [0.29, 0.717) is 24.9 Å². The van der Waals surface area contributed by atoms with Crippen molar-refractivity contribution in [2.45, 2.75) is 52.0 Å². The van der Waals surface area contributed by atoms with E-state index < -0.39 is 0 Å². The van der Waals surface area contributed by atoms with E-state index in [4.69, 9.17) is 0 Å². The minimum Gasteiger partial charge on any atom is -0.344 e. The molecule has 0 saturated carbocycles. The quantitative estimate of drug-likeness (QED) is 0.499. The third-order valence-electron chi connectivity index (χ3n) is 9.03. The number of rotatable bonds is 5. The van der Waals surface area contributed by atoms with Crippen LogP contribution >= 0.6 is 0 Å². The molecule has 40 heavy (non-hydrogen) atoms. The molecule has 0 aliphatic carbocycles. The third kappa shape index (κ3) is 5.24. The van der Waals surface area contributed by atoms with Crippen molar-refractivity contribution < 1.29 is 14.4 Å². The summed E-state index contributed by atoms with van der Waals surface area (Å²) >= 11 is 0. The van der Waals surface area contributed by atoms with Crippen LogP contribution in [0.1, 0.15) is 59.6 Å². The number of likely N-dealkylation sites (tertiary alicyclic amines) is 2. The molecule has 4 amide bonds. The molecule has 3 saturated heterocycles. The van der Waals surface area contributed by atoms with Crippen molar-refractivity contribution in [2.24, 2.45) is 5.92 Å². The zero-order valence-corrected chi connectivity index (χ0v) is 23.6. The van der Waals surface area contributed by atoms with Crippen molar-refractivity contribution in [3.63, 3.8) is 0 Å². The van der Waals surface area contributed by atoms with Crippen LogP contribution in [0.15, 0.2) is 48.7 Å². The number of benzene rings is 2. The number of fused-ring (bicyclic) bond motifs is 1. The Hall–Kier alpha value is -3.65. The minimum atomic E-state index is -0.335. The monoisotopic (exact) mass is 541 g/mol. The van der Waals surface area contributed by atoms with Gasteiger partial charge in [-0.15, -0.1) is 0 Å². The molecule has 6 rings (SSSR count). The zero-order chi connectivity index (χ0) is 27.8. The highest BCUT2D eigenvalue weighted by Gasteiger charge is 2.30. The van der Waals surface area contributed by atoms with Gasteiger partial charge in [0.1, 0.15) is 0 Å². The zero-order valence-electron chi connectivity index (χ0n) is 23.6. The summed E-state index contributed by atoms with van der Waals surface area (Å²) in [6.45, 7) is 9.40. The summed E-state index contributed by atoms with van der Waals surface area (Å²) in [7, 11) is 0. The number of nitrogens with one attached hydrogen (secondary N) is 1. The highest BCUT2D eigenvalue weighted by atomic mass is 16.2. The summed E-state index contributed by atoms with van der Waals surface area (Å²) in [6.07, 6.45) is 6.81. The summed E-state index contributed by atoms with van der Waals surface area (Å²) in [5.74, 6) is 0.588. The molecule has 1 N–H and O–H groups in total. The predicted molar refractivity (Wildman–Crippen MR) is 157 cm³/mol. The number of urea groups is 1. The van der Waals surface area contributed by atoms with Crippen LogP contribution in [0.5, 0.6) is 0 Å². The first-order valence-electron chi connectivity index (χ1n) is 14.7. The molecule has 0 bridgehead atoms. The van der Waals surface area contributed by atoms with Gasteiger partial charge in [-0.1, -0.05) is 23.8 Å². The molecule has 210 valence electrons. The van der Waals surface area contributed by atoms with Crippen LogP contribution in [0.4, 0.5) is 10.5 Å². The fourth-order valence-corrected chi connectivity index (χ4v) is 6.81. The van der Waals surface area contributed by atoms with E-state index in [2.05, 4.69) is 39.2 Å². The Balaban J connectivity index is 1.05. The molecular weight excluding hydrogens is 502 g/mol. The van der Waals surface area contributed by atoms with Gasteiger partial charge in [-0.2, -0.15) is 0 Å². The average molecular weight is 542 g/mol. The Kier molecular flexibility index (Phi) is 7.36. The summed E-state index contributed by atoms with van der Waals surface area (Å²) < 4.78 is 2.39. The third-order valence-corrected chi connectivity index (χ3v) is 9.03. The molecule has 0 unspecified atom stereocenters. The Morgan fingerprint density at radius 3 is 2.42 bits per heavy atom. The smallest absolute Gasteiger partial charge is 0.328 e. The number of piperidine rings is 2. The van der Waals surface area contributed by atoms with Gasteiger partial charge in [-0.05, 0) is 75.3 Å². The van der Waals surface area contributed by atoms with Gasteiger partial charge in [-0.3, -0.25) is 19.8 Å². The second kappa shape index (κ2) is 11.1. The molecule has 2 aromatic carbocycles. The number of hydrogen-bond acceptors (Lipinski definition) is 4. The minimum absolute atomic E-state index is 0.162. The van der Waals surface area contributed by atoms with Crippen LogP contribution in [-0.4, -0.2) is 71.5 Å². The van der Waals surface area contributed by atoms with Gasteiger partial charge in [0.15, 0.2) is 0 Å². The lowest BCUT2D eigenvalue weighted by atomic mass is 9.94. The van der Waals surface area contributed by atoms with Gasteiger partial charge in [0, 0.05) is 68.9 Å². The van der Waals surface area contributed by atoms with Crippen LogP contribution in [-0.2, 0) is 4.79 Å². The van der Waals surface area contributed by atoms with E-state index in [-0.39, 0.29) is 17.8 Å². The van der Waals surface area contributed by atoms with Gasteiger partial charge in [0.25, 0.3) is 5.91 Å². The van der Waals surface area contributed by atoms with Gasteiger partial charge in [-0.25, -0.2) is 4.79 Å². The number of amides is 4. The molecule has 0 spiro atoms. The average Bonchev–Trinajstić information content (AvgIpc) is 3.38. The number of nitrogens with zero attached hydrogens (tertiary/aromatic N) is 4. The fourth-order valence-electron chi connectivity index (χ4n) is 6.81. The fraction of sp³-hybridized carbons (Fsp3) is 0.469. The van der Waals surface area contributed by atoms with Crippen LogP contribution in [0, 0.1) is 19.8 Å². The first-order chi connectivity index (χ1) is 19.4. The predicted octanol–water partition coefficient (Wildman–Crippen LogP) is 4.89. The maximum Gasteiger partial charge on any atom is 0.328 e. The van der Waals surface area contributed by atoms with Crippen molar-refractivity contribution >= 4 is 34.4 Å². The SMILES string of the molecule is Cc1cccc(C(=O)N2CCC(CN3CCC(n4ccc5c(N6CCC(=O)NC6=O)c(C)ccc54)CC3)CC2)c1. The van der Waals surface area contributed by atoms with Crippen molar-refractivity contribution in [2.75, 3.05) is 44.2 Å². The second-order valence-electron chi connectivity index (χ2n) is 11.8. The van der Waals surface area contributed by atoms with E-state index in [9.17, 15) is 14.4 Å². The molecular formula is C32H39N5O3. The lowest BCUT2D eigenvalue weighted by molar-refractivity contribution is -0.120. The summed E-state index contributed by atoms with van der Waals surface area (Å²) in [5, 5.41) is 3.53. The normalized spacial score (nSPS) is 19.9. The molecule has 1 aromatic heterocycles. The summed E-state index contributed by atoms with van der Waals surface area (Å²) in [5.41, 5.74) is 5.02. The summed E-state index contributed by atoms with van der Waals surface area (Å²) in [4.78, 5) is 43.6. The molecule has 4 heterocycles. The Labute approximate surface area is 235 Å². The molecule has 8 heteroatoms. The van der Waals surface area contributed by atoms with Gasteiger partial charge in [0.2, 0.25) is 5.91 Å². The Morgan fingerprint density at radius 1 is 0.925 bits per heavy atom. The molecule has 3 aliphatic heterocycles. The Bertz CT molecular complexity index is 1430. The van der Waals surface area contributed by atoms with E-state index in [1.807, 2.05) is 43.0 Å². The van der Waals surface area contributed by atoms with Gasteiger partial charge in [0.05, 0.1) is 11.2 Å². The van der Waals surface area contributed by atoms with Crippen molar-refractivity contribution in [3.8, 4) is 0 Å². The Morgan fingerprint density at radius 2 is 1.70 bits per heavy atom. The number of imide groups is 1. The maximum absolute atomic E-state index is 12.9. The van der Waals surface area contributed by atoms with Crippen LogP contribution in [0.25, 0.3) is 10.9 Å². The van der Waals surface area contributed by atoms with Crippen molar-refractivity contribution in [3.05, 3.63) is 65.4 Å². The lowest BCUT2D eigenvalue weighted by Crippen LogP contribution is -2.49. The van der Waals surface area contributed by atoms with Crippen molar-refractivity contribution in [1.29, 1.82) is 0 Å². The molecule has 3 fully saturated rings. The molecule has 3 aromatic rings. The molecule has 0 atom stereocenters. The van der Waals surface area contributed by atoms with Crippen LogP contribution in [0.2, 0.25) is 0 Å². The van der Waals surface area contributed by atoms with Crippen LogP contribution in [0.3, 0.4) is 0 Å². The lowest BCUT2D eigenvalue weighted by Gasteiger charge is -2.38. The van der Waals surface area contributed by atoms with E-state index in [1.54, 1.807) is 4.90 Å². The van der Waals surface area contributed by atoms with Crippen molar-refractivity contribution in [1.82, 2.24) is 19.7 Å². The largest absolute Gasteiger partial charge is 0.344 e. The number of aromatic nitrogens is 1. The van der Waals surface area contributed by atoms with E-state index in [1.165, 1.54) is 0 Å². The number of carbonyl (C=O) groups is 3. The number of anilines is 1. The van der Waals surface area contributed by atoms with Gasteiger partial charge >= 0.3 is 6.03 Å². The topological polar surface area (TPSA) is 77.9 Å². The van der Waals surface area contributed by atoms with E-state index in [0.717, 1.165) is 91.7 Å². The molecule has 3 aliphatic rings. The van der Waals surface area contributed by atoms with E-state index >= 15 is 0 Å².